The van der Waals surface area contributed by atoms with E-state index >= 15 is 0 Å². The standard InChI is InChI=1S/C25H25ClN2O4S/c1-32-21-13-11-20(12-14-21)28(33(30,31)22-15-9-19(26)10-16-22)17-25(29)27-24-8-4-6-18-5-2-3-7-23(18)24/h2-3,5,7,9-16,24H,4,6,8,17H2,1H3,(H,27,29)/t24-/m0/s1. The highest BCUT2D eigenvalue weighted by atomic mass is 35.5. The van der Waals surface area contributed by atoms with Crippen molar-refractivity contribution in [3.63, 3.8) is 0 Å². The Morgan fingerprint density at radius 2 is 1.76 bits per heavy atom. The molecule has 1 N–H and O–H groups in total. The molecule has 0 saturated heterocycles. The van der Waals surface area contributed by atoms with Crippen molar-refractivity contribution in [2.75, 3.05) is 18.0 Å². The molecule has 0 unspecified atom stereocenters. The third kappa shape index (κ3) is 5.15. The summed E-state index contributed by atoms with van der Waals surface area (Å²) >= 11 is 5.94. The Bertz CT molecular complexity index is 1230. The lowest BCUT2D eigenvalue weighted by molar-refractivity contribution is -0.120. The van der Waals surface area contributed by atoms with Gasteiger partial charge in [0.2, 0.25) is 5.91 Å². The van der Waals surface area contributed by atoms with E-state index < -0.39 is 10.0 Å². The molecule has 0 saturated carbocycles. The number of fused-ring (bicyclic) bond motifs is 1. The Labute approximate surface area is 199 Å². The van der Waals surface area contributed by atoms with E-state index in [0.29, 0.717) is 16.5 Å². The Balaban J connectivity index is 1.62. The molecule has 3 aromatic rings. The Morgan fingerprint density at radius 3 is 2.45 bits per heavy atom. The smallest absolute Gasteiger partial charge is 0.264 e. The third-order valence-corrected chi connectivity index (χ3v) is 7.79. The zero-order valence-electron chi connectivity index (χ0n) is 18.2. The first-order valence-corrected chi connectivity index (χ1v) is 12.5. The van der Waals surface area contributed by atoms with Gasteiger partial charge in [0, 0.05) is 5.02 Å². The zero-order chi connectivity index (χ0) is 23.4. The lowest BCUT2D eigenvalue weighted by Gasteiger charge is -2.28. The molecule has 0 spiro atoms. The second kappa shape index (κ2) is 9.85. The molecule has 3 aromatic carbocycles. The summed E-state index contributed by atoms with van der Waals surface area (Å²) in [5, 5.41) is 3.47. The number of amides is 1. The lowest BCUT2D eigenvalue weighted by atomic mass is 9.88. The van der Waals surface area contributed by atoms with Crippen LogP contribution in [0.5, 0.6) is 5.75 Å². The van der Waals surface area contributed by atoms with Crippen molar-refractivity contribution >= 4 is 33.2 Å². The maximum atomic E-state index is 13.5. The van der Waals surface area contributed by atoms with Crippen molar-refractivity contribution in [2.45, 2.75) is 30.2 Å². The van der Waals surface area contributed by atoms with E-state index in [9.17, 15) is 13.2 Å². The number of hydrogen-bond acceptors (Lipinski definition) is 4. The Kier molecular flexibility index (Phi) is 6.91. The van der Waals surface area contributed by atoms with Crippen LogP contribution in [-0.2, 0) is 21.2 Å². The molecule has 0 bridgehead atoms. The normalized spacial score (nSPS) is 15.4. The van der Waals surface area contributed by atoms with Crippen molar-refractivity contribution in [2.24, 2.45) is 0 Å². The molecule has 0 aromatic heterocycles. The summed E-state index contributed by atoms with van der Waals surface area (Å²) in [6.07, 6.45) is 2.76. The molecule has 4 rings (SSSR count). The van der Waals surface area contributed by atoms with Crippen molar-refractivity contribution in [3.8, 4) is 5.75 Å². The number of rotatable bonds is 7. The van der Waals surface area contributed by atoms with E-state index in [1.807, 2.05) is 18.2 Å². The van der Waals surface area contributed by atoms with Gasteiger partial charge in [0.05, 0.1) is 23.7 Å². The molecule has 6 nitrogen and oxygen atoms in total. The number of aryl methyl sites for hydroxylation is 1. The van der Waals surface area contributed by atoms with Crippen molar-refractivity contribution in [3.05, 3.63) is 88.9 Å². The van der Waals surface area contributed by atoms with Gasteiger partial charge in [-0.25, -0.2) is 8.42 Å². The van der Waals surface area contributed by atoms with Crippen LogP contribution >= 0.6 is 11.6 Å². The highest BCUT2D eigenvalue weighted by molar-refractivity contribution is 7.92. The molecule has 1 atom stereocenters. The van der Waals surface area contributed by atoms with Crippen LogP contribution in [0.4, 0.5) is 5.69 Å². The molecule has 0 heterocycles. The third-order valence-electron chi connectivity index (χ3n) is 5.75. The summed E-state index contributed by atoms with van der Waals surface area (Å²) in [5.41, 5.74) is 2.67. The second-order valence-corrected chi connectivity index (χ2v) is 10.2. The number of nitrogens with one attached hydrogen (secondary N) is 1. The number of benzene rings is 3. The topological polar surface area (TPSA) is 75.7 Å². The number of halogens is 1. The van der Waals surface area contributed by atoms with Crippen LogP contribution < -0.4 is 14.4 Å². The summed E-state index contributed by atoms with van der Waals surface area (Å²) in [6.45, 7) is -0.351. The minimum Gasteiger partial charge on any atom is -0.497 e. The average Bonchev–Trinajstić information content (AvgIpc) is 2.83. The average molecular weight is 485 g/mol. The number of carbonyl (C=O) groups excluding carboxylic acids is 1. The molecule has 8 heteroatoms. The highest BCUT2D eigenvalue weighted by Crippen LogP contribution is 2.30. The van der Waals surface area contributed by atoms with Crippen molar-refractivity contribution in [1.29, 1.82) is 0 Å². The SMILES string of the molecule is COc1ccc(N(CC(=O)N[C@H]2CCCc3ccccc32)S(=O)(=O)c2ccc(Cl)cc2)cc1. The fraction of sp³-hybridized carbons (Fsp3) is 0.240. The number of hydrogen-bond donors (Lipinski definition) is 1. The van der Waals surface area contributed by atoms with Gasteiger partial charge in [-0.05, 0) is 78.9 Å². The van der Waals surface area contributed by atoms with Gasteiger partial charge in [-0.3, -0.25) is 9.10 Å². The van der Waals surface area contributed by atoms with E-state index in [2.05, 4.69) is 11.4 Å². The van der Waals surface area contributed by atoms with Gasteiger partial charge in [-0.15, -0.1) is 0 Å². The quantitative estimate of drug-likeness (QED) is 0.525. The lowest BCUT2D eigenvalue weighted by Crippen LogP contribution is -2.42. The minimum atomic E-state index is -4.01. The van der Waals surface area contributed by atoms with Crippen LogP contribution in [0.1, 0.15) is 30.0 Å². The maximum absolute atomic E-state index is 13.5. The van der Waals surface area contributed by atoms with Crippen LogP contribution in [0.3, 0.4) is 0 Å². The van der Waals surface area contributed by atoms with Crippen LogP contribution in [0, 0.1) is 0 Å². The number of sulfonamides is 1. The maximum Gasteiger partial charge on any atom is 0.264 e. The second-order valence-electron chi connectivity index (χ2n) is 7.87. The summed E-state index contributed by atoms with van der Waals surface area (Å²) in [6, 6.07) is 20.4. The predicted molar refractivity (Wildman–Crippen MR) is 129 cm³/mol. The number of ether oxygens (including phenoxy) is 1. The summed E-state index contributed by atoms with van der Waals surface area (Å²) in [7, 11) is -2.48. The first-order chi connectivity index (χ1) is 15.9. The van der Waals surface area contributed by atoms with Crippen LogP contribution in [0.25, 0.3) is 0 Å². The van der Waals surface area contributed by atoms with Gasteiger partial charge < -0.3 is 10.1 Å². The number of methoxy groups -OCH3 is 1. The van der Waals surface area contributed by atoms with Crippen LogP contribution in [0.15, 0.2) is 77.7 Å². The first kappa shape index (κ1) is 23.1. The van der Waals surface area contributed by atoms with Gasteiger partial charge >= 0.3 is 0 Å². The van der Waals surface area contributed by atoms with Gasteiger partial charge in [0.25, 0.3) is 10.0 Å². The minimum absolute atomic E-state index is 0.0542. The first-order valence-electron chi connectivity index (χ1n) is 10.7. The monoisotopic (exact) mass is 484 g/mol. The molecule has 33 heavy (non-hydrogen) atoms. The molecular weight excluding hydrogens is 460 g/mol. The largest absolute Gasteiger partial charge is 0.497 e. The van der Waals surface area contributed by atoms with E-state index in [0.717, 1.165) is 29.1 Å². The highest BCUT2D eigenvalue weighted by Gasteiger charge is 2.29. The molecule has 1 aliphatic rings. The Hall–Kier alpha value is -3.03. The molecule has 0 aliphatic heterocycles. The molecule has 0 fully saturated rings. The van der Waals surface area contributed by atoms with Gasteiger partial charge in [-0.2, -0.15) is 0 Å². The fourth-order valence-electron chi connectivity index (χ4n) is 4.07. The Morgan fingerprint density at radius 1 is 1.06 bits per heavy atom. The molecule has 1 amide bonds. The molecule has 1 aliphatic carbocycles. The van der Waals surface area contributed by atoms with E-state index in [1.54, 1.807) is 24.3 Å². The summed E-state index contributed by atoms with van der Waals surface area (Å²) < 4.78 is 33.3. The summed E-state index contributed by atoms with van der Waals surface area (Å²) in [5.74, 6) is 0.218. The van der Waals surface area contributed by atoms with Crippen molar-refractivity contribution < 1.29 is 17.9 Å². The molecule has 172 valence electrons. The van der Waals surface area contributed by atoms with Gasteiger partial charge in [0.1, 0.15) is 12.3 Å². The van der Waals surface area contributed by atoms with Gasteiger partial charge in [0.15, 0.2) is 0 Å². The zero-order valence-corrected chi connectivity index (χ0v) is 19.8. The fourth-order valence-corrected chi connectivity index (χ4v) is 5.62. The predicted octanol–water partition coefficient (Wildman–Crippen LogP) is 4.74. The molecule has 0 radical (unpaired) electrons. The van der Waals surface area contributed by atoms with Crippen LogP contribution in [0.2, 0.25) is 5.02 Å². The summed E-state index contributed by atoms with van der Waals surface area (Å²) in [4.78, 5) is 13.2. The van der Waals surface area contributed by atoms with Crippen molar-refractivity contribution in [1.82, 2.24) is 5.32 Å². The van der Waals surface area contributed by atoms with E-state index in [1.165, 1.54) is 36.9 Å². The van der Waals surface area contributed by atoms with E-state index in [4.69, 9.17) is 16.3 Å². The van der Waals surface area contributed by atoms with Crippen LogP contribution in [-0.4, -0.2) is 28.0 Å². The van der Waals surface area contributed by atoms with Gasteiger partial charge in [-0.1, -0.05) is 35.9 Å². The number of anilines is 1. The number of nitrogens with zero attached hydrogens (tertiary/aromatic N) is 1. The number of carbonyl (C=O) groups is 1. The van der Waals surface area contributed by atoms with E-state index in [-0.39, 0.29) is 23.4 Å². The molecular formula is C25H25ClN2O4S.